The normalized spacial score (nSPS) is 18.5. The van der Waals surface area contributed by atoms with E-state index in [2.05, 4.69) is 28.2 Å². The molecule has 7 heteroatoms. The minimum absolute atomic E-state index is 0.297. The van der Waals surface area contributed by atoms with Gasteiger partial charge in [-0.2, -0.15) is 0 Å². The Morgan fingerprint density at radius 1 is 1.13 bits per heavy atom. The molecule has 1 saturated heterocycles. The molecule has 0 spiro atoms. The highest BCUT2D eigenvalue weighted by molar-refractivity contribution is 9.10. The third-order valence-corrected chi connectivity index (χ3v) is 6.20. The average molecular weight is 472 g/mol. The number of amides is 4. The number of likely N-dealkylation sites (N-methyl/N-ethyl adjacent to an activating group) is 1. The molecule has 1 N–H and O–H groups in total. The molecule has 0 radical (unpaired) electrons. The lowest BCUT2D eigenvalue weighted by molar-refractivity contribution is -0.138. The quantitative estimate of drug-likeness (QED) is 0.623. The third kappa shape index (κ3) is 4.41. The Balaban J connectivity index is 1.71. The number of carbonyl (C=O) groups is 3. The fourth-order valence-corrected chi connectivity index (χ4v) is 3.97. The Morgan fingerprint density at radius 3 is 2.43 bits per heavy atom. The van der Waals surface area contributed by atoms with Gasteiger partial charge in [-0.1, -0.05) is 71.7 Å². The maximum atomic E-state index is 13.1. The van der Waals surface area contributed by atoms with Crippen molar-refractivity contribution in [3.05, 3.63) is 69.7 Å². The number of aryl methyl sites for hydroxylation is 1. The van der Waals surface area contributed by atoms with Crippen LogP contribution in [0.4, 0.5) is 4.79 Å². The molecule has 1 aliphatic rings. The molecule has 1 atom stereocenters. The number of imide groups is 1. The molecule has 0 bridgehead atoms. The molecule has 0 aliphatic carbocycles. The highest BCUT2D eigenvalue weighted by Gasteiger charge is 2.49. The maximum Gasteiger partial charge on any atom is 0.325 e. The Hall–Kier alpha value is -2.67. The van der Waals surface area contributed by atoms with Crippen molar-refractivity contribution in [1.29, 1.82) is 0 Å². The van der Waals surface area contributed by atoms with Crippen LogP contribution >= 0.6 is 15.9 Å². The lowest BCUT2D eigenvalue weighted by atomic mass is 9.91. The van der Waals surface area contributed by atoms with E-state index < -0.39 is 17.5 Å². The van der Waals surface area contributed by atoms with Crippen LogP contribution in [0.2, 0.25) is 0 Å². The summed E-state index contributed by atoms with van der Waals surface area (Å²) in [6.07, 6.45) is 2.00. The minimum Gasteiger partial charge on any atom is -0.340 e. The van der Waals surface area contributed by atoms with E-state index in [0.29, 0.717) is 12.1 Å². The summed E-state index contributed by atoms with van der Waals surface area (Å²) in [4.78, 5) is 40.8. The lowest BCUT2D eigenvalue weighted by Gasteiger charge is -2.23. The second-order valence-electron chi connectivity index (χ2n) is 7.73. The summed E-state index contributed by atoms with van der Waals surface area (Å²) in [5.41, 5.74) is 1.66. The van der Waals surface area contributed by atoms with E-state index in [1.165, 1.54) is 10.5 Å². The molecule has 2 aromatic rings. The Bertz CT molecular complexity index is 960. The van der Waals surface area contributed by atoms with Crippen LogP contribution in [0.25, 0.3) is 0 Å². The van der Waals surface area contributed by atoms with Crippen molar-refractivity contribution >= 4 is 33.8 Å². The highest BCUT2D eigenvalue weighted by Crippen LogP contribution is 2.29. The number of carbonyl (C=O) groups excluding carboxylic acids is 3. The summed E-state index contributed by atoms with van der Waals surface area (Å²) in [5.74, 6) is -0.727. The first kappa shape index (κ1) is 22.0. The van der Waals surface area contributed by atoms with E-state index in [1.54, 1.807) is 14.0 Å². The summed E-state index contributed by atoms with van der Waals surface area (Å²) < 4.78 is 0.902. The van der Waals surface area contributed by atoms with Gasteiger partial charge in [-0.3, -0.25) is 14.5 Å². The van der Waals surface area contributed by atoms with Gasteiger partial charge in [-0.25, -0.2) is 4.79 Å². The molecule has 2 aromatic carbocycles. The van der Waals surface area contributed by atoms with Crippen molar-refractivity contribution in [2.75, 3.05) is 13.6 Å². The summed E-state index contributed by atoms with van der Waals surface area (Å²) in [7, 11) is 1.66. The molecule has 3 rings (SSSR count). The summed E-state index contributed by atoms with van der Waals surface area (Å²) in [5, 5.41) is 2.76. The van der Waals surface area contributed by atoms with Crippen LogP contribution in [0.3, 0.4) is 0 Å². The number of nitrogens with one attached hydrogen (secondary N) is 1. The van der Waals surface area contributed by atoms with Crippen LogP contribution in [-0.4, -0.2) is 41.2 Å². The Kier molecular flexibility index (Phi) is 6.61. The van der Waals surface area contributed by atoms with Crippen molar-refractivity contribution in [2.45, 2.75) is 38.8 Å². The fourth-order valence-electron chi connectivity index (χ4n) is 3.56. The zero-order chi connectivity index (χ0) is 21.9. The van der Waals surface area contributed by atoms with Gasteiger partial charge in [0, 0.05) is 18.1 Å². The van der Waals surface area contributed by atoms with Crippen LogP contribution < -0.4 is 5.32 Å². The first-order valence-corrected chi connectivity index (χ1v) is 10.8. The van der Waals surface area contributed by atoms with E-state index in [0.717, 1.165) is 27.8 Å². The Labute approximate surface area is 185 Å². The van der Waals surface area contributed by atoms with Gasteiger partial charge in [0.15, 0.2) is 0 Å². The van der Waals surface area contributed by atoms with Crippen LogP contribution in [-0.2, 0) is 28.1 Å². The largest absolute Gasteiger partial charge is 0.340 e. The molecular formula is C23H26BrN3O3. The van der Waals surface area contributed by atoms with E-state index in [-0.39, 0.29) is 12.5 Å². The molecule has 1 unspecified atom stereocenters. The van der Waals surface area contributed by atoms with E-state index in [4.69, 9.17) is 0 Å². The SMILES string of the molecule is CCCc1ccc(C2(C)NC(=O)N(CC(=O)N(C)Cc3ccccc3Br)C2=O)cc1. The van der Waals surface area contributed by atoms with Crippen molar-refractivity contribution in [1.82, 2.24) is 15.1 Å². The third-order valence-electron chi connectivity index (χ3n) is 5.43. The molecule has 0 aromatic heterocycles. The van der Waals surface area contributed by atoms with Crippen LogP contribution in [0.1, 0.15) is 37.0 Å². The Morgan fingerprint density at radius 2 is 1.80 bits per heavy atom. The number of rotatable bonds is 7. The molecule has 1 aliphatic heterocycles. The van der Waals surface area contributed by atoms with Crippen LogP contribution in [0.5, 0.6) is 0 Å². The van der Waals surface area contributed by atoms with Gasteiger partial charge in [0.1, 0.15) is 12.1 Å². The van der Waals surface area contributed by atoms with E-state index in [1.807, 2.05) is 48.5 Å². The van der Waals surface area contributed by atoms with Gasteiger partial charge in [0.2, 0.25) is 5.91 Å². The number of benzene rings is 2. The smallest absolute Gasteiger partial charge is 0.325 e. The van der Waals surface area contributed by atoms with Gasteiger partial charge in [0.25, 0.3) is 5.91 Å². The van der Waals surface area contributed by atoms with E-state index in [9.17, 15) is 14.4 Å². The molecular weight excluding hydrogens is 446 g/mol. The average Bonchev–Trinajstić information content (AvgIpc) is 2.94. The van der Waals surface area contributed by atoms with Gasteiger partial charge in [0.05, 0.1) is 0 Å². The van der Waals surface area contributed by atoms with Crippen molar-refractivity contribution in [3.63, 3.8) is 0 Å². The molecule has 4 amide bonds. The molecule has 158 valence electrons. The highest BCUT2D eigenvalue weighted by atomic mass is 79.9. The van der Waals surface area contributed by atoms with Crippen molar-refractivity contribution in [2.24, 2.45) is 0 Å². The van der Waals surface area contributed by atoms with Crippen LogP contribution in [0, 0.1) is 0 Å². The molecule has 1 heterocycles. The molecule has 1 fully saturated rings. The first-order valence-electron chi connectivity index (χ1n) is 9.97. The number of urea groups is 1. The minimum atomic E-state index is -1.18. The monoisotopic (exact) mass is 471 g/mol. The molecule has 30 heavy (non-hydrogen) atoms. The standard InChI is InChI=1S/C23H26BrN3O3/c1-4-7-16-10-12-18(13-11-16)23(2)21(29)27(22(30)25-23)15-20(28)26(3)14-17-8-5-6-9-19(17)24/h5-6,8-13H,4,7,14-15H2,1-3H3,(H,25,30). The van der Waals surface area contributed by atoms with Gasteiger partial charge >= 0.3 is 6.03 Å². The number of nitrogens with zero attached hydrogens (tertiary/aromatic N) is 2. The predicted octanol–water partition coefficient (Wildman–Crippen LogP) is 3.83. The van der Waals surface area contributed by atoms with Crippen molar-refractivity contribution in [3.8, 4) is 0 Å². The number of halogens is 1. The van der Waals surface area contributed by atoms with E-state index >= 15 is 0 Å². The number of hydrogen-bond acceptors (Lipinski definition) is 3. The topological polar surface area (TPSA) is 69.7 Å². The zero-order valence-corrected chi connectivity index (χ0v) is 19.0. The molecule has 0 saturated carbocycles. The van der Waals surface area contributed by atoms with Gasteiger partial charge in [-0.05, 0) is 36.1 Å². The summed E-state index contributed by atoms with van der Waals surface area (Å²) in [6, 6.07) is 14.8. The first-order chi connectivity index (χ1) is 14.3. The summed E-state index contributed by atoms with van der Waals surface area (Å²) >= 11 is 3.47. The second-order valence-corrected chi connectivity index (χ2v) is 8.59. The predicted molar refractivity (Wildman–Crippen MR) is 119 cm³/mol. The van der Waals surface area contributed by atoms with Crippen LogP contribution in [0.15, 0.2) is 53.0 Å². The molecule has 6 nitrogen and oxygen atoms in total. The zero-order valence-electron chi connectivity index (χ0n) is 17.4. The van der Waals surface area contributed by atoms with Gasteiger partial charge < -0.3 is 10.2 Å². The summed E-state index contributed by atoms with van der Waals surface area (Å²) in [6.45, 7) is 3.87. The van der Waals surface area contributed by atoms with Crippen molar-refractivity contribution < 1.29 is 14.4 Å². The number of hydrogen-bond donors (Lipinski definition) is 1. The maximum absolute atomic E-state index is 13.1. The second kappa shape index (κ2) is 9.00. The van der Waals surface area contributed by atoms with Gasteiger partial charge in [-0.15, -0.1) is 0 Å². The fraction of sp³-hybridized carbons (Fsp3) is 0.348. The lowest BCUT2D eigenvalue weighted by Crippen LogP contribution is -2.43.